The average molecular weight is 518 g/mol. The molecule has 3 aromatic carbocycles. The molecule has 0 unspecified atom stereocenters. The molecule has 0 aliphatic carbocycles. The minimum Gasteiger partial charge on any atom is -0.321 e. The van der Waals surface area contributed by atoms with Crippen LogP contribution in [-0.2, 0) is 16.6 Å². The monoisotopic (exact) mass is 517 g/mol. The number of halogens is 2. The van der Waals surface area contributed by atoms with Crippen LogP contribution >= 0.6 is 23.2 Å². The molecule has 1 saturated heterocycles. The van der Waals surface area contributed by atoms with Crippen LogP contribution in [0, 0.1) is 6.92 Å². The molecule has 1 amide bonds. The highest BCUT2D eigenvalue weighted by molar-refractivity contribution is 7.89. The molecule has 1 N–H and O–H groups in total. The number of amides is 1. The number of piperazine rings is 1. The Morgan fingerprint density at radius 1 is 0.912 bits per heavy atom. The van der Waals surface area contributed by atoms with Gasteiger partial charge in [0.2, 0.25) is 10.0 Å². The van der Waals surface area contributed by atoms with Gasteiger partial charge in [0.25, 0.3) is 5.91 Å². The van der Waals surface area contributed by atoms with Crippen molar-refractivity contribution in [3.8, 4) is 0 Å². The van der Waals surface area contributed by atoms with Crippen LogP contribution in [0.2, 0.25) is 10.0 Å². The molecule has 0 bridgehead atoms. The first-order valence-electron chi connectivity index (χ1n) is 10.9. The van der Waals surface area contributed by atoms with Crippen molar-refractivity contribution in [1.29, 1.82) is 0 Å². The maximum Gasteiger partial charge on any atom is 0.255 e. The molecular formula is C25H25Cl2N3O3S. The molecule has 9 heteroatoms. The molecule has 1 heterocycles. The van der Waals surface area contributed by atoms with Gasteiger partial charge in [-0.2, -0.15) is 4.31 Å². The van der Waals surface area contributed by atoms with Crippen molar-refractivity contribution in [2.75, 3.05) is 31.5 Å². The number of benzene rings is 3. The van der Waals surface area contributed by atoms with Gasteiger partial charge >= 0.3 is 0 Å². The Kier molecular flexibility index (Phi) is 7.60. The van der Waals surface area contributed by atoms with Crippen LogP contribution in [-0.4, -0.2) is 49.7 Å². The quantitative estimate of drug-likeness (QED) is 0.496. The first-order valence-corrected chi connectivity index (χ1v) is 13.1. The zero-order valence-electron chi connectivity index (χ0n) is 18.7. The third kappa shape index (κ3) is 5.79. The molecule has 0 aromatic heterocycles. The van der Waals surface area contributed by atoms with E-state index in [9.17, 15) is 13.2 Å². The highest BCUT2D eigenvalue weighted by Gasteiger charge is 2.28. The number of anilines is 1. The summed E-state index contributed by atoms with van der Waals surface area (Å²) < 4.78 is 27.3. The summed E-state index contributed by atoms with van der Waals surface area (Å²) in [7, 11) is -3.48. The Bertz CT molecular complexity index is 1270. The maximum atomic E-state index is 12.9. The molecule has 0 spiro atoms. The summed E-state index contributed by atoms with van der Waals surface area (Å²) in [6, 6.07) is 19.2. The van der Waals surface area contributed by atoms with Crippen molar-refractivity contribution in [1.82, 2.24) is 9.21 Å². The molecular weight excluding hydrogens is 493 g/mol. The van der Waals surface area contributed by atoms with Crippen molar-refractivity contribution in [3.05, 3.63) is 93.5 Å². The van der Waals surface area contributed by atoms with Crippen molar-refractivity contribution in [2.24, 2.45) is 0 Å². The number of aryl methyl sites for hydroxylation is 1. The summed E-state index contributed by atoms with van der Waals surface area (Å²) in [6.45, 7) is 4.78. The minimum absolute atomic E-state index is 0.273. The van der Waals surface area contributed by atoms with Crippen LogP contribution < -0.4 is 5.32 Å². The second-order valence-electron chi connectivity index (χ2n) is 8.27. The molecule has 6 nitrogen and oxygen atoms in total. The van der Waals surface area contributed by atoms with E-state index in [4.69, 9.17) is 23.2 Å². The van der Waals surface area contributed by atoms with Crippen LogP contribution in [0.3, 0.4) is 0 Å². The van der Waals surface area contributed by atoms with Crippen molar-refractivity contribution in [3.63, 3.8) is 0 Å². The van der Waals surface area contributed by atoms with E-state index >= 15 is 0 Å². The van der Waals surface area contributed by atoms with Crippen LogP contribution in [0.5, 0.6) is 0 Å². The van der Waals surface area contributed by atoms with Crippen molar-refractivity contribution < 1.29 is 13.2 Å². The Labute approximate surface area is 210 Å². The fourth-order valence-electron chi connectivity index (χ4n) is 3.79. The third-order valence-corrected chi connectivity index (χ3v) is 8.27. The number of rotatable bonds is 6. The molecule has 0 atom stereocenters. The highest BCUT2D eigenvalue weighted by atomic mass is 35.5. The standard InChI is InChI=1S/C25H25Cl2N3O3S/c1-18-2-9-22(10-3-18)34(32,33)30-14-12-29(13-15-30)17-19-4-6-20(7-5-19)25(31)28-24-16-21(26)8-11-23(24)27/h2-11,16H,12-15,17H2,1H3,(H,28,31). The van der Waals surface area contributed by atoms with Gasteiger partial charge in [0.15, 0.2) is 0 Å². The SMILES string of the molecule is Cc1ccc(S(=O)(=O)N2CCN(Cc3ccc(C(=O)Nc4cc(Cl)ccc4Cl)cc3)CC2)cc1. The number of sulfonamides is 1. The Hall–Kier alpha value is -2.42. The third-order valence-electron chi connectivity index (χ3n) is 5.79. The summed E-state index contributed by atoms with van der Waals surface area (Å²) in [5.41, 5.74) is 3.04. The van der Waals surface area contributed by atoms with E-state index in [1.54, 1.807) is 46.8 Å². The number of hydrogen-bond acceptors (Lipinski definition) is 4. The maximum absolute atomic E-state index is 12.9. The Balaban J connectivity index is 1.32. The fourth-order valence-corrected chi connectivity index (χ4v) is 5.55. The molecule has 1 aliphatic rings. The summed E-state index contributed by atoms with van der Waals surface area (Å²) in [5, 5.41) is 3.68. The van der Waals surface area contributed by atoms with Gasteiger partial charge in [-0.3, -0.25) is 9.69 Å². The van der Waals surface area contributed by atoms with E-state index in [0.717, 1.165) is 11.1 Å². The first-order chi connectivity index (χ1) is 16.2. The number of nitrogens with one attached hydrogen (secondary N) is 1. The van der Waals surface area contributed by atoms with Gasteiger partial charge in [0, 0.05) is 43.3 Å². The van der Waals surface area contributed by atoms with E-state index < -0.39 is 10.0 Å². The van der Waals surface area contributed by atoms with Crippen molar-refractivity contribution >= 4 is 44.8 Å². The predicted molar refractivity (Wildman–Crippen MR) is 136 cm³/mol. The number of carbonyl (C=O) groups excluding carboxylic acids is 1. The van der Waals surface area contributed by atoms with E-state index in [1.165, 1.54) is 0 Å². The van der Waals surface area contributed by atoms with Gasteiger partial charge in [0.1, 0.15) is 0 Å². The van der Waals surface area contributed by atoms with Crippen LogP contribution in [0.25, 0.3) is 0 Å². The lowest BCUT2D eigenvalue weighted by molar-refractivity contribution is 0.102. The molecule has 0 saturated carbocycles. The second kappa shape index (κ2) is 10.5. The van der Waals surface area contributed by atoms with E-state index in [1.807, 2.05) is 31.2 Å². The normalized spacial score (nSPS) is 15.3. The first kappa shape index (κ1) is 24.7. The minimum atomic E-state index is -3.48. The van der Waals surface area contributed by atoms with Crippen molar-refractivity contribution in [2.45, 2.75) is 18.4 Å². The topological polar surface area (TPSA) is 69.7 Å². The van der Waals surface area contributed by atoms with Gasteiger partial charge < -0.3 is 5.32 Å². The zero-order valence-corrected chi connectivity index (χ0v) is 21.0. The predicted octanol–water partition coefficient (Wildman–Crippen LogP) is 5.06. The number of carbonyl (C=O) groups is 1. The van der Waals surface area contributed by atoms with Gasteiger partial charge in [-0.15, -0.1) is 0 Å². The van der Waals surface area contributed by atoms with Gasteiger partial charge in [-0.05, 0) is 55.0 Å². The van der Waals surface area contributed by atoms with E-state index in [0.29, 0.717) is 58.9 Å². The number of hydrogen-bond donors (Lipinski definition) is 1. The Morgan fingerprint density at radius 2 is 1.56 bits per heavy atom. The van der Waals surface area contributed by atoms with Crippen LogP contribution in [0.4, 0.5) is 5.69 Å². The molecule has 1 aliphatic heterocycles. The Morgan fingerprint density at radius 3 is 2.21 bits per heavy atom. The second-order valence-corrected chi connectivity index (χ2v) is 11.1. The van der Waals surface area contributed by atoms with Gasteiger partial charge in [-0.25, -0.2) is 8.42 Å². The van der Waals surface area contributed by atoms with Gasteiger partial charge in [0.05, 0.1) is 15.6 Å². The molecule has 1 fully saturated rings. The van der Waals surface area contributed by atoms with Crippen LogP contribution in [0.1, 0.15) is 21.5 Å². The molecule has 4 rings (SSSR count). The fraction of sp³-hybridized carbons (Fsp3) is 0.240. The molecule has 34 heavy (non-hydrogen) atoms. The number of nitrogens with zero attached hydrogens (tertiary/aromatic N) is 2. The highest BCUT2D eigenvalue weighted by Crippen LogP contribution is 2.26. The summed E-state index contributed by atoms with van der Waals surface area (Å²) in [6.07, 6.45) is 0. The van der Waals surface area contributed by atoms with Crippen LogP contribution in [0.15, 0.2) is 71.6 Å². The zero-order chi connectivity index (χ0) is 24.3. The molecule has 3 aromatic rings. The largest absolute Gasteiger partial charge is 0.321 e. The van der Waals surface area contributed by atoms with E-state index in [-0.39, 0.29) is 5.91 Å². The smallest absolute Gasteiger partial charge is 0.255 e. The molecule has 0 radical (unpaired) electrons. The van der Waals surface area contributed by atoms with E-state index in [2.05, 4.69) is 10.2 Å². The lowest BCUT2D eigenvalue weighted by Crippen LogP contribution is -2.48. The lowest BCUT2D eigenvalue weighted by Gasteiger charge is -2.34. The lowest BCUT2D eigenvalue weighted by atomic mass is 10.1. The summed E-state index contributed by atoms with van der Waals surface area (Å²) in [4.78, 5) is 15.1. The summed E-state index contributed by atoms with van der Waals surface area (Å²) in [5.74, 6) is -0.273. The van der Waals surface area contributed by atoms with Gasteiger partial charge in [-0.1, -0.05) is 53.0 Å². The molecule has 178 valence electrons. The average Bonchev–Trinajstić information content (AvgIpc) is 2.82. The summed E-state index contributed by atoms with van der Waals surface area (Å²) >= 11 is 12.1.